The molecule has 5 N–H and O–H groups in total. The third kappa shape index (κ3) is 6.60. The van der Waals surface area contributed by atoms with Crippen LogP contribution in [0.5, 0.6) is 0 Å². The zero-order valence-electron chi connectivity index (χ0n) is 18.3. The monoisotopic (exact) mass is 444 g/mol. The van der Waals surface area contributed by atoms with Crippen molar-refractivity contribution in [3.8, 4) is 0 Å². The van der Waals surface area contributed by atoms with Crippen LogP contribution in [0.1, 0.15) is 53.4 Å². The van der Waals surface area contributed by atoms with Gasteiger partial charge in [0.05, 0.1) is 6.04 Å². The van der Waals surface area contributed by atoms with Crippen LogP contribution in [0.2, 0.25) is 0 Å². The summed E-state index contributed by atoms with van der Waals surface area (Å²) in [6.45, 7) is 7.75. The lowest BCUT2D eigenvalue weighted by Gasteiger charge is -2.32. The Morgan fingerprint density at radius 1 is 1.10 bits per heavy atom. The highest BCUT2D eigenvalue weighted by atomic mass is 32.1. The number of nitrogens with two attached hydrogens (primary N) is 1. The first-order valence-electron chi connectivity index (χ1n) is 10.6. The number of aliphatic carboxylic acids is 1. The number of carboxylic acids is 1. The first-order chi connectivity index (χ1) is 14.1. The van der Waals surface area contributed by atoms with E-state index in [0.717, 1.165) is 0 Å². The summed E-state index contributed by atoms with van der Waals surface area (Å²) in [5.74, 6) is -2.65. The summed E-state index contributed by atoms with van der Waals surface area (Å²) < 4.78 is 0. The maximum atomic E-state index is 13.3. The summed E-state index contributed by atoms with van der Waals surface area (Å²) in [4.78, 5) is 51.4. The van der Waals surface area contributed by atoms with Crippen LogP contribution in [0.25, 0.3) is 0 Å². The molecule has 0 saturated carbocycles. The van der Waals surface area contributed by atoms with E-state index in [2.05, 4.69) is 23.3 Å². The number of nitrogens with zero attached hydrogens (tertiary/aromatic N) is 1. The molecule has 1 saturated heterocycles. The first-order valence-corrected chi connectivity index (χ1v) is 11.2. The van der Waals surface area contributed by atoms with Crippen LogP contribution in [0, 0.1) is 11.8 Å². The molecule has 0 aromatic heterocycles. The summed E-state index contributed by atoms with van der Waals surface area (Å²) in [5, 5.41) is 14.8. The lowest BCUT2D eigenvalue weighted by molar-refractivity contribution is -0.146. The molecule has 9 nitrogen and oxygen atoms in total. The number of carbonyl (C=O) groups excluding carboxylic acids is 3. The molecule has 6 atom stereocenters. The largest absolute Gasteiger partial charge is 0.480 e. The van der Waals surface area contributed by atoms with E-state index in [1.165, 1.54) is 4.90 Å². The molecule has 1 fully saturated rings. The van der Waals surface area contributed by atoms with Crippen LogP contribution in [0.15, 0.2) is 0 Å². The molecule has 3 amide bonds. The Morgan fingerprint density at radius 2 is 1.67 bits per heavy atom. The molecule has 0 bridgehead atoms. The van der Waals surface area contributed by atoms with E-state index in [0.29, 0.717) is 32.2 Å². The molecule has 1 rings (SSSR count). The van der Waals surface area contributed by atoms with E-state index in [9.17, 15) is 24.3 Å². The number of amides is 3. The van der Waals surface area contributed by atoms with Crippen molar-refractivity contribution in [2.24, 2.45) is 17.6 Å². The van der Waals surface area contributed by atoms with Gasteiger partial charge in [-0.05, 0) is 24.7 Å². The Bertz CT molecular complexity index is 632. The highest BCUT2D eigenvalue weighted by Crippen LogP contribution is 2.22. The van der Waals surface area contributed by atoms with Crippen LogP contribution in [0.3, 0.4) is 0 Å². The van der Waals surface area contributed by atoms with Crippen molar-refractivity contribution >= 4 is 36.3 Å². The van der Waals surface area contributed by atoms with E-state index >= 15 is 0 Å². The van der Waals surface area contributed by atoms with Crippen molar-refractivity contribution in [3.05, 3.63) is 0 Å². The van der Waals surface area contributed by atoms with Gasteiger partial charge in [-0.2, -0.15) is 12.6 Å². The van der Waals surface area contributed by atoms with Crippen molar-refractivity contribution in [1.82, 2.24) is 15.5 Å². The van der Waals surface area contributed by atoms with Crippen LogP contribution in [-0.2, 0) is 19.2 Å². The summed E-state index contributed by atoms with van der Waals surface area (Å²) in [6, 6.07) is -3.42. The van der Waals surface area contributed by atoms with Gasteiger partial charge < -0.3 is 26.4 Å². The number of carbonyl (C=O) groups is 4. The summed E-state index contributed by atoms with van der Waals surface area (Å²) >= 11 is 4.02. The van der Waals surface area contributed by atoms with Crippen LogP contribution in [0.4, 0.5) is 0 Å². The fourth-order valence-corrected chi connectivity index (χ4v) is 3.61. The number of carboxylic acid groups (broad SMARTS) is 1. The Morgan fingerprint density at radius 3 is 2.17 bits per heavy atom. The number of nitrogens with one attached hydrogen (secondary N) is 2. The van der Waals surface area contributed by atoms with E-state index in [4.69, 9.17) is 5.73 Å². The highest BCUT2D eigenvalue weighted by Gasteiger charge is 2.40. The lowest BCUT2D eigenvalue weighted by Crippen LogP contribution is -2.59. The third-order valence-electron chi connectivity index (χ3n) is 5.93. The molecule has 1 aliphatic rings. The van der Waals surface area contributed by atoms with Gasteiger partial charge in [-0.3, -0.25) is 14.4 Å². The van der Waals surface area contributed by atoms with E-state index < -0.39 is 42.0 Å². The average Bonchev–Trinajstić information content (AvgIpc) is 3.22. The Kier molecular flexibility index (Phi) is 10.6. The minimum absolute atomic E-state index is 0.147. The minimum atomic E-state index is -1.10. The topological polar surface area (TPSA) is 142 Å². The van der Waals surface area contributed by atoms with Gasteiger partial charge >= 0.3 is 5.97 Å². The van der Waals surface area contributed by atoms with Crippen molar-refractivity contribution < 1.29 is 24.3 Å². The molecule has 1 heterocycles. The van der Waals surface area contributed by atoms with Crippen molar-refractivity contribution in [3.63, 3.8) is 0 Å². The van der Waals surface area contributed by atoms with Crippen molar-refractivity contribution in [2.45, 2.75) is 77.5 Å². The first kappa shape index (κ1) is 26.2. The predicted octanol–water partition coefficient (Wildman–Crippen LogP) is 0.381. The second kappa shape index (κ2) is 12.1. The standard InChI is InChI=1S/C20H36N4O5S/c1-5-11(3)15(22-17(25)13(21)10-30)19(27)24-9-7-8-14(24)18(26)23-16(20(28)29)12(4)6-2/h11-16,30H,5-10,21H2,1-4H3,(H,22,25)(H,23,26)(H,28,29). The van der Waals surface area contributed by atoms with Gasteiger partial charge in [0, 0.05) is 12.3 Å². The average molecular weight is 445 g/mol. The van der Waals surface area contributed by atoms with Gasteiger partial charge in [-0.15, -0.1) is 0 Å². The maximum Gasteiger partial charge on any atom is 0.326 e. The number of hydrogen-bond donors (Lipinski definition) is 5. The maximum absolute atomic E-state index is 13.3. The number of hydrogen-bond acceptors (Lipinski definition) is 6. The summed E-state index contributed by atoms with van der Waals surface area (Å²) in [6.07, 6.45) is 2.31. The molecule has 0 aromatic carbocycles. The Balaban J connectivity index is 3.00. The second-order valence-electron chi connectivity index (χ2n) is 8.06. The quantitative estimate of drug-likeness (QED) is 0.292. The number of rotatable bonds is 11. The van der Waals surface area contributed by atoms with Crippen LogP contribution in [-0.4, -0.2) is 70.2 Å². The second-order valence-corrected chi connectivity index (χ2v) is 8.43. The smallest absolute Gasteiger partial charge is 0.326 e. The van der Waals surface area contributed by atoms with E-state index in [1.54, 1.807) is 6.92 Å². The van der Waals surface area contributed by atoms with E-state index in [-0.39, 0.29) is 23.5 Å². The molecule has 6 unspecified atom stereocenters. The summed E-state index contributed by atoms with van der Waals surface area (Å²) in [7, 11) is 0. The van der Waals surface area contributed by atoms with Crippen LogP contribution >= 0.6 is 12.6 Å². The van der Waals surface area contributed by atoms with Gasteiger partial charge in [0.1, 0.15) is 18.1 Å². The fourth-order valence-electron chi connectivity index (χ4n) is 3.44. The lowest BCUT2D eigenvalue weighted by atomic mass is 9.96. The number of thiol groups is 1. The molecule has 0 radical (unpaired) electrons. The molecule has 0 aromatic rings. The van der Waals surface area contributed by atoms with Gasteiger partial charge in [0.15, 0.2) is 0 Å². The third-order valence-corrected chi connectivity index (χ3v) is 6.32. The number of likely N-dealkylation sites (tertiary alicyclic amines) is 1. The SMILES string of the molecule is CCC(C)C(NC(=O)C1CCCN1C(=O)C(NC(=O)C(N)CS)C(C)CC)C(=O)O. The molecule has 1 aliphatic heterocycles. The summed E-state index contributed by atoms with van der Waals surface area (Å²) in [5.41, 5.74) is 5.73. The molecule has 0 aliphatic carbocycles. The van der Waals surface area contributed by atoms with Crippen molar-refractivity contribution in [1.29, 1.82) is 0 Å². The Labute approximate surface area is 183 Å². The molecule has 0 spiro atoms. The van der Waals surface area contributed by atoms with Gasteiger partial charge in [0.25, 0.3) is 0 Å². The van der Waals surface area contributed by atoms with Gasteiger partial charge in [-0.25, -0.2) is 4.79 Å². The van der Waals surface area contributed by atoms with Gasteiger partial charge in [0.2, 0.25) is 17.7 Å². The minimum Gasteiger partial charge on any atom is -0.480 e. The normalized spacial score (nSPS) is 21.3. The molecule has 30 heavy (non-hydrogen) atoms. The van der Waals surface area contributed by atoms with Gasteiger partial charge in [-0.1, -0.05) is 40.5 Å². The van der Waals surface area contributed by atoms with E-state index in [1.807, 2.05) is 20.8 Å². The molecular weight excluding hydrogens is 408 g/mol. The Hall–Kier alpha value is -1.81. The molecule has 172 valence electrons. The zero-order chi connectivity index (χ0) is 23.0. The zero-order valence-corrected chi connectivity index (χ0v) is 19.2. The van der Waals surface area contributed by atoms with Crippen molar-refractivity contribution in [2.75, 3.05) is 12.3 Å². The fraction of sp³-hybridized carbons (Fsp3) is 0.800. The molecular formula is C20H36N4O5S. The van der Waals surface area contributed by atoms with Crippen LogP contribution < -0.4 is 16.4 Å². The highest BCUT2D eigenvalue weighted by molar-refractivity contribution is 7.80. The predicted molar refractivity (Wildman–Crippen MR) is 117 cm³/mol. The molecule has 10 heteroatoms.